The maximum atomic E-state index is 12.2. The van der Waals surface area contributed by atoms with Crippen molar-refractivity contribution in [3.05, 3.63) is 33.8 Å². The molecule has 0 saturated heterocycles. The summed E-state index contributed by atoms with van der Waals surface area (Å²) in [5.74, 6) is 0.115. The molecule has 4 nitrogen and oxygen atoms in total. The second-order valence-corrected chi connectivity index (χ2v) is 7.92. The largest absolute Gasteiger partial charge is 0.390 e. The van der Waals surface area contributed by atoms with Crippen LogP contribution in [0.2, 0.25) is 10.0 Å². The molecule has 23 heavy (non-hydrogen) atoms. The maximum absolute atomic E-state index is 12.2. The molecule has 1 aromatic carbocycles. The predicted octanol–water partition coefficient (Wildman–Crippen LogP) is 4.38. The third kappa shape index (κ3) is 5.11. The van der Waals surface area contributed by atoms with Crippen LogP contribution in [0.15, 0.2) is 23.4 Å². The molecule has 0 spiro atoms. The zero-order chi connectivity index (χ0) is 17.2. The highest BCUT2D eigenvalue weighted by atomic mass is 35.5. The number of carbonyl (C=O) groups is 1. The van der Waals surface area contributed by atoms with Crippen LogP contribution in [0.25, 0.3) is 0 Å². The number of halogens is 2. The molecule has 0 bridgehead atoms. The molecule has 0 fully saturated rings. The van der Waals surface area contributed by atoms with Crippen LogP contribution in [0.4, 0.5) is 0 Å². The summed E-state index contributed by atoms with van der Waals surface area (Å²) >= 11 is 12.0. The lowest BCUT2D eigenvalue weighted by Crippen LogP contribution is -2.36. The van der Waals surface area contributed by atoms with Crippen molar-refractivity contribution < 1.29 is 9.63 Å². The molecule has 1 atom stereocenters. The SMILES string of the molecule is CN(C[C@@H]1CC(c2ccc(Cl)c(Cl)c2)=NO1)C(=O)CC(C)(C)C. The van der Waals surface area contributed by atoms with E-state index in [0.717, 1.165) is 11.3 Å². The summed E-state index contributed by atoms with van der Waals surface area (Å²) in [5.41, 5.74) is 1.69. The Kier molecular flexibility index (Phi) is 5.58. The average Bonchev–Trinajstić information content (AvgIpc) is 2.88. The van der Waals surface area contributed by atoms with Crippen LogP contribution in [0, 0.1) is 5.41 Å². The molecule has 1 aromatic rings. The Morgan fingerprint density at radius 2 is 2.04 bits per heavy atom. The fourth-order valence-electron chi connectivity index (χ4n) is 2.37. The molecule has 0 aliphatic carbocycles. The van der Waals surface area contributed by atoms with Gasteiger partial charge in [0.2, 0.25) is 5.91 Å². The number of amides is 1. The zero-order valence-corrected chi connectivity index (χ0v) is 15.4. The minimum absolute atomic E-state index is 0.0242. The maximum Gasteiger partial charge on any atom is 0.222 e. The highest BCUT2D eigenvalue weighted by molar-refractivity contribution is 6.42. The number of rotatable bonds is 4. The summed E-state index contributed by atoms with van der Waals surface area (Å²) < 4.78 is 0. The van der Waals surface area contributed by atoms with Crippen molar-refractivity contribution >= 4 is 34.8 Å². The second kappa shape index (κ2) is 7.10. The summed E-state index contributed by atoms with van der Waals surface area (Å²) in [6.07, 6.45) is 1.02. The van der Waals surface area contributed by atoms with Gasteiger partial charge in [-0.25, -0.2) is 0 Å². The first-order valence-electron chi connectivity index (χ1n) is 7.58. The molecule has 0 saturated carbocycles. The molecular formula is C17H22Cl2N2O2. The van der Waals surface area contributed by atoms with E-state index >= 15 is 0 Å². The molecule has 0 N–H and O–H groups in total. The molecule has 1 aliphatic heterocycles. The minimum Gasteiger partial charge on any atom is -0.390 e. The van der Waals surface area contributed by atoms with Gasteiger partial charge in [-0.2, -0.15) is 0 Å². The molecule has 0 unspecified atom stereocenters. The summed E-state index contributed by atoms with van der Waals surface area (Å²) in [7, 11) is 1.80. The van der Waals surface area contributed by atoms with Crippen LogP contribution in [0.1, 0.15) is 39.2 Å². The van der Waals surface area contributed by atoms with Gasteiger partial charge in [0.25, 0.3) is 0 Å². The topological polar surface area (TPSA) is 41.9 Å². The highest BCUT2D eigenvalue weighted by Crippen LogP contribution is 2.26. The standard InChI is InChI=1S/C17H22Cl2N2O2/c1-17(2,3)9-16(22)21(4)10-12-8-15(20-23-12)11-5-6-13(18)14(19)7-11/h5-7,12H,8-10H2,1-4H3/t12-/m0/s1. The van der Waals surface area contributed by atoms with Crippen LogP contribution < -0.4 is 0 Å². The Bertz CT molecular complexity index is 624. The summed E-state index contributed by atoms with van der Waals surface area (Å²) in [5, 5.41) is 5.13. The first-order chi connectivity index (χ1) is 10.7. The van der Waals surface area contributed by atoms with Gasteiger partial charge >= 0.3 is 0 Å². The van der Waals surface area contributed by atoms with Gasteiger partial charge in [-0.3, -0.25) is 4.79 Å². The molecule has 2 rings (SSSR count). The van der Waals surface area contributed by atoms with Crippen molar-refractivity contribution in [3.8, 4) is 0 Å². The van der Waals surface area contributed by atoms with Gasteiger partial charge in [0.05, 0.1) is 22.3 Å². The van der Waals surface area contributed by atoms with Gasteiger partial charge in [0, 0.05) is 25.5 Å². The van der Waals surface area contributed by atoms with Crippen molar-refractivity contribution in [1.82, 2.24) is 4.90 Å². The molecule has 0 radical (unpaired) electrons. The van der Waals surface area contributed by atoms with Gasteiger partial charge in [0.15, 0.2) is 6.10 Å². The Labute approximate surface area is 147 Å². The van der Waals surface area contributed by atoms with Crippen molar-refractivity contribution in [3.63, 3.8) is 0 Å². The van der Waals surface area contributed by atoms with E-state index < -0.39 is 0 Å². The third-order valence-electron chi connectivity index (χ3n) is 3.57. The molecule has 1 aliphatic rings. The molecule has 1 heterocycles. The third-order valence-corrected chi connectivity index (χ3v) is 4.31. The fourth-order valence-corrected chi connectivity index (χ4v) is 2.67. The number of oxime groups is 1. The van der Waals surface area contributed by atoms with Gasteiger partial charge < -0.3 is 9.74 Å². The highest BCUT2D eigenvalue weighted by Gasteiger charge is 2.26. The Balaban J connectivity index is 1.91. The lowest BCUT2D eigenvalue weighted by atomic mass is 9.91. The number of nitrogens with zero attached hydrogens (tertiary/aromatic N) is 2. The van der Waals surface area contributed by atoms with Gasteiger partial charge in [-0.1, -0.05) is 55.2 Å². The molecule has 1 amide bonds. The fraction of sp³-hybridized carbons (Fsp3) is 0.529. The van der Waals surface area contributed by atoms with Gasteiger partial charge in [-0.05, 0) is 17.5 Å². The average molecular weight is 357 g/mol. The number of benzene rings is 1. The molecule has 126 valence electrons. The van der Waals surface area contributed by atoms with Crippen molar-refractivity contribution in [2.45, 2.75) is 39.7 Å². The van der Waals surface area contributed by atoms with E-state index in [1.54, 1.807) is 24.1 Å². The van der Waals surface area contributed by atoms with E-state index in [1.165, 1.54) is 0 Å². The molecular weight excluding hydrogens is 335 g/mol. The Morgan fingerprint density at radius 3 is 2.65 bits per heavy atom. The molecule has 6 heteroatoms. The van der Waals surface area contributed by atoms with E-state index in [1.807, 2.05) is 6.07 Å². The van der Waals surface area contributed by atoms with Gasteiger partial charge in [-0.15, -0.1) is 0 Å². The van der Waals surface area contributed by atoms with Crippen LogP contribution in [-0.4, -0.2) is 36.2 Å². The minimum atomic E-state index is -0.131. The summed E-state index contributed by atoms with van der Waals surface area (Å²) in [4.78, 5) is 19.4. The normalized spacial score (nSPS) is 17.7. The summed E-state index contributed by atoms with van der Waals surface area (Å²) in [6.45, 7) is 6.67. The number of likely N-dealkylation sites (N-methyl/N-ethyl adjacent to an activating group) is 1. The van der Waals surface area contributed by atoms with Crippen LogP contribution in [-0.2, 0) is 9.63 Å². The first kappa shape index (κ1) is 18.1. The van der Waals surface area contributed by atoms with Crippen LogP contribution in [0.5, 0.6) is 0 Å². The number of hydrogen-bond donors (Lipinski definition) is 0. The van der Waals surface area contributed by atoms with Crippen LogP contribution >= 0.6 is 23.2 Å². The Morgan fingerprint density at radius 1 is 1.35 bits per heavy atom. The quantitative estimate of drug-likeness (QED) is 0.802. The number of hydrogen-bond acceptors (Lipinski definition) is 3. The predicted molar refractivity (Wildman–Crippen MR) is 94.2 cm³/mol. The van der Waals surface area contributed by atoms with E-state index in [-0.39, 0.29) is 17.4 Å². The Hall–Kier alpha value is -1.26. The summed E-state index contributed by atoms with van der Waals surface area (Å²) in [6, 6.07) is 5.39. The lowest BCUT2D eigenvalue weighted by Gasteiger charge is -2.24. The monoisotopic (exact) mass is 356 g/mol. The van der Waals surface area contributed by atoms with E-state index in [2.05, 4.69) is 25.9 Å². The van der Waals surface area contributed by atoms with Crippen molar-refractivity contribution in [2.24, 2.45) is 10.6 Å². The van der Waals surface area contributed by atoms with E-state index in [9.17, 15) is 4.79 Å². The number of carbonyl (C=O) groups excluding carboxylic acids is 1. The molecule has 0 aromatic heterocycles. The second-order valence-electron chi connectivity index (χ2n) is 7.11. The first-order valence-corrected chi connectivity index (χ1v) is 8.33. The van der Waals surface area contributed by atoms with E-state index in [4.69, 9.17) is 28.0 Å². The lowest BCUT2D eigenvalue weighted by molar-refractivity contribution is -0.133. The van der Waals surface area contributed by atoms with E-state index in [0.29, 0.717) is 29.4 Å². The van der Waals surface area contributed by atoms with Crippen molar-refractivity contribution in [2.75, 3.05) is 13.6 Å². The van der Waals surface area contributed by atoms with Crippen molar-refractivity contribution in [1.29, 1.82) is 0 Å². The smallest absolute Gasteiger partial charge is 0.222 e. The van der Waals surface area contributed by atoms with Gasteiger partial charge in [0.1, 0.15) is 0 Å². The zero-order valence-electron chi connectivity index (χ0n) is 13.9. The van der Waals surface area contributed by atoms with Crippen LogP contribution in [0.3, 0.4) is 0 Å².